The van der Waals surface area contributed by atoms with Crippen LogP contribution in [0.5, 0.6) is 5.88 Å². The summed E-state index contributed by atoms with van der Waals surface area (Å²) in [6.45, 7) is 6.46. The summed E-state index contributed by atoms with van der Waals surface area (Å²) in [5.74, 6) is 1.24. The highest BCUT2D eigenvalue weighted by Crippen LogP contribution is 2.22. The summed E-state index contributed by atoms with van der Waals surface area (Å²) in [5.41, 5.74) is 5.54. The van der Waals surface area contributed by atoms with E-state index < -0.39 is 0 Å². The molecule has 1 fully saturated rings. The highest BCUT2D eigenvalue weighted by Gasteiger charge is 2.20. The Morgan fingerprint density at radius 3 is 2.52 bits per heavy atom. The largest absolute Gasteiger partial charge is 0.474 e. The van der Waals surface area contributed by atoms with Crippen LogP contribution in [0.15, 0.2) is 12.4 Å². The Balaban J connectivity index is 0.000000381. The van der Waals surface area contributed by atoms with Crippen molar-refractivity contribution in [2.75, 3.05) is 18.5 Å². The lowest BCUT2D eigenvalue weighted by atomic mass is 9.94. The molecule has 0 unspecified atom stereocenters. The second-order valence-corrected chi connectivity index (χ2v) is 6.87. The average Bonchev–Trinajstić information content (AvgIpc) is 2.55. The normalized spacial score (nSPS) is 20.0. The molecule has 8 nitrogen and oxygen atoms in total. The van der Waals surface area contributed by atoms with Gasteiger partial charge in [0.15, 0.2) is 0 Å². The second-order valence-electron chi connectivity index (χ2n) is 6.87. The van der Waals surface area contributed by atoms with E-state index in [4.69, 9.17) is 15.6 Å². The molecule has 1 saturated carbocycles. The third kappa shape index (κ3) is 9.83. The molecule has 1 aromatic rings. The summed E-state index contributed by atoms with van der Waals surface area (Å²) in [6, 6.07) is 2.07. The van der Waals surface area contributed by atoms with Crippen LogP contribution in [0.2, 0.25) is 0 Å². The maximum Gasteiger partial charge on any atom is 0.293 e. The number of nitrogens with one attached hydrogen (secondary N) is 1. The number of aromatic nitrogens is 2. The zero-order valence-corrected chi connectivity index (χ0v) is 15.3. The number of anilines is 1. The van der Waals surface area contributed by atoms with Gasteiger partial charge in [0, 0.05) is 18.7 Å². The first kappa shape index (κ1) is 21.1. The molecule has 25 heavy (non-hydrogen) atoms. The van der Waals surface area contributed by atoms with Gasteiger partial charge in [-0.15, -0.1) is 0 Å². The fourth-order valence-electron chi connectivity index (χ4n) is 2.21. The molecule has 0 amide bonds. The molecule has 1 aromatic heterocycles. The minimum atomic E-state index is -0.318. The van der Waals surface area contributed by atoms with E-state index in [0.29, 0.717) is 30.8 Å². The smallest absolute Gasteiger partial charge is 0.293 e. The van der Waals surface area contributed by atoms with Crippen LogP contribution in [0.4, 0.5) is 5.82 Å². The van der Waals surface area contributed by atoms with Crippen molar-refractivity contribution in [3.63, 3.8) is 0 Å². The third-order valence-corrected chi connectivity index (χ3v) is 3.47. The summed E-state index contributed by atoms with van der Waals surface area (Å²) in [6.07, 6.45) is 5.63. The van der Waals surface area contributed by atoms with Crippen molar-refractivity contribution in [2.45, 2.75) is 64.2 Å². The summed E-state index contributed by atoms with van der Waals surface area (Å²) < 4.78 is 10.4. The number of hydrogen-bond acceptors (Lipinski definition) is 8. The molecule has 0 aliphatic heterocycles. The average molecular weight is 354 g/mol. The number of hydrogen-bond donors (Lipinski definition) is 3. The molecule has 0 aromatic carbocycles. The van der Waals surface area contributed by atoms with Crippen LogP contribution in [-0.2, 0) is 9.53 Å². The van der Waals surface area contributed by atoms with Gasteiger partial charge in [0.2, 0.25) is 5.88 Å². The molecule has 142 valence electrons. The summed E-state index contributed by atoms with van der Waals surface area (Å²) >= 11 is 0. The molecular formula is C17H30N4O4. The standard InChI is InChI=1S/C12H20N4O2.C5H10O2/c13-9-1-3-10(4-2-9)18-12-7-11(14-5-6-17)15-8-16-12;1-5(2,3)7-4-6/h7-10,17H,1-6,13H2,(H,14,15,16);4H,1-3H3. The highest BCUT2D eigenvalue weighted by molar-refractivity contribution is 5.38. The second kappa shape index (κ2) is 10.8. The van der Waals surface area contributed by atoms with Crippen molar-refractivity contribution in [2.24, 2.45) is 5.73 Å². The number of nitrogens with two attached hydrogens (primary N) is 1. The maximum atomic E-state index is 9.60. The summed E-state index contributed by atoms with van der Waals surface area (Å²) in [4.78, 5) is 17.7. The van der Waals surface area contributed by atoms with Gasteiger partial charge < -0.3 is 25.6 Å². The van der Waals surface area contributed by atoms with Crippen molar-refractivity contribution < 1.29 is 19.4 Å². The lowest BCUT2D eigenvalue weighted by Gasteiger charge is -2.26. The molecule has 1 aliphatic carbocycles. The van der Waals surface area contributed by atoms with E-state index in [1.54, 1.807) is 6.07 Å². The Morgan fingerprint density at radius 2 is 2.00 bits per heavy atom. The number of aliphatic hydroxyl groups excluding tert-OH is 1. The molecule has 0 saturated heterocycles. The summed E-state index contributed by atoms with van der Waals surface area (Å²) in [5, 5.41) is 11.7. The fourth-order valence-corrected chi connectivity index (χ4v) is 2.21. The van der Waals surface area contributed by atoms with E-state index >= 15 is 0 Å². The topological polar surface area (TPSA) is 120 Å². The Morgan fingerprint density at radius 1 is 1.32 bits per heavy atom. The first-order valence-electron chi connectivity index (χ1n) is 8.54. The van der Waals surface area contributed by atoms with E-state index in [0.717, 1.165) is 25.7 Å². The maximum absolute atomic E-state index is 9.60. The minimum absolute atomic E-state index is 0.0701. The van der Waals surface area contributed by atoms with Gasteiger partial charge in [-0.1, -0.05) is 0 Å². The molecule has 0 atom stereocenters. The first-order valence-corrected chi connectivity index (χ1v) is 8.54. The van der Waals surface area contributed by atoms with Crippen LogP contribution < -0.4 is 15.8 Å². The molecule has 1 aliphatic rings. The molecule has 8 heteroatoms. The number of rotatable bonds is 6. The number of carbonyl (C=O) groups is 1. The van der Waals surface area contributed by atoms with E-state index in [1.807, 2.05) is 20.8 Å². The lowest BCUT2D eigenvalue weighted by Crippen LogP contribution is -2.31. The van der Waals surface area contributed by atoms with Crippen molar-refractivity contribution in [1.29, 1.82) is 0 Å². The van der Waals surface area contributed by atoms with Crippen LogP contribution in [-0.4, -0.2) is 52.4 Å². The third-order valence-electron chi connectivity index (χ3n) is 3.47. The number of carbonyl (C=O) groups excluding carboxylic acids is 1. The van der Waals surface area contributed by atoms with Crippen LogP contribution in [0.25, 0.3) is 0 Å². The van der Waals surface area contributed by atoms with Crippen LogP contribution in [0.3, 0.4) is 0 Å². The molecule has 4 N–H and O–H groups in total. The van der Waals surface area contributed by atoms with Crippen LogP contribution in [0, 0.1) is 0 Å². The van der Waals surface area contributed by atoms with Crippen LogP contribution in [0.1, 0.15) is 46.5 Å². The van der Waals surface area contributed by atoms with E-state index in [-0.39, 0.29) is 18.3 Å². The van der Waals surface area contributed by atoms with E-state index in [1.165, 1.54) is 6.33 Å². The van der Waals surface area contributed by atoms with Gasteiger partial charge in [-0.2, -0.15) is 0 Å². The van der Waals surface area contributed by atoms with Gasteiger partial charge >= 0.3 is 0 Å². The fraction of sp³-hybridized carbons (Fsp3) is 0.706. The SMILES string of the molecule is CC(C)(C)OC=O.NC1CCC(Oc2cc(NCCO)ncn2)CC1. The zero-order chi connectivity index (χ0) is 18.7. The van der Waals surface area contributed by atoms with Gasteiger partial charge in [0.25, 0.3) is 6.47 Å². The van der Waals surface area contributed by atoms with Gasteiger partial charge in [-0.25, -0.2) is 9.97 Å². The molecule has 0 radical (unpaired) electrons. The Bertz CT molecular complexity index is 500. The van der Waals surface area contributed by atoms with Gasteiger partial charge in [0.1, 0.15) is 23.9 Å². The molecule has 0 bridgehead atoms. The van der Waals surface area contributed by atoms with E-state index in [9.17, 15) is 4.79 Å². The molecule has 1 heterocycles. The lowest BCUT2D eigenvalue weighted by molar-refractivity contribution is -0.138. The summed E-state index contributed by atoms with van der Waals surface area (Å²) in [7, 11) is 0. The van der Waals surface area contributed by atoms with Crippen LogP contribution >= 0.6 is 0 Å². The van der Waals surface area contributed by atoms with Crippen molar-refractivity contribution in [3.8, 4) is 5.88 Å². The Labute approximate surface area is 149 Å². The van der Waals surface area contributed by atoms with Gasteiger partial charge in [-0.05, 0) is 46.5 Å². The zero-order valence-electron chi connectivity index (χ0n) is 15.3. The molecular weight excluding hydrogens is 324 g/mol. The van der Waals surface area contributed by atoms with Crippen molar-refractivity contribution in [1.82, 2.24) is 9.97 Å². The molecule has 0 spiro atoms. The monoisotopic (exact) mass is 354 g/mol. The Kier molecular flexibility index (Phi) is 9.15. The number of nitrogens with zero attached hydrogens (tertiary/aromatic N) is 2. The first-order chi connectivity index (χ1) is 11.8. The van der Waals surface area contributed by atoms with Crippen molar-refractivity contribution >= 4 is 12.3 Å². The number of aliphatic hydroxyl groups is 1. The minimum Gasteiger partial charge on any atom is -0.474 e. The predicted octanol–water partition coefficient (Wildman–Crippen LogP) is 1.49. The molecule has 2 rings (SSSR count). The quantitative estimate of drug-likeness (QED) is 0.657. The number of ether oxygens (including phenoxy) is 2. The predicted molar refractivity (Wildman–Crippen MR) is 95.4 cm³/mol. The Hall–Kier alpha value is -1.93. The van der Waals surface area contributed by atoms with Gasteiger partial charge in [-0.3, -0.25) is 4.79 Å². The van der Waals surface area contributed by atoms with E-state index in [2.05, 4.69) is 20.0 Å². The van der Waals surface area contributed by atoms with Crippen molar-refractivity contribution in [3.05, 3.63) is 12.4 Å². The highest BCUT2D eigenvalue weighted by atomic mass is 16.5. The van der Waals surface area contributed by atoms with Gasteiger partial charge in [0.05, 0.1) is 6.61 Å².